The Kier molecular flexibility index (Phi) is 8.01. The first-order valence-corrected chi connectivity index (χ1v) is 7.32. The maximum Gasteiger partial charge on any atom is 0.274 e. The summed E-state index contributed by atoms with van der Waals surface area (Å²) in [7, 11) is 2.06. The van der Waals surface area contributed by atoms with Gasteiger partial charge in [-0.3, -0.25) is 14.9 Å². The van der Waals surface area contributed by atoms with E-state index in [0.717, 1.165) is 26.1 Å². The van der Waals surface area contributed by atoms with E-state index >= 15 is 0 Å². The molecule has 0 unspecified atom stereocenters. The molecular formula is C14H23N5O3. The lowest BCUT2D eigenvalue weighted by atomic mass is 10.3. The number of anilines is 1. The number of amides is 1. The summed E-state index contributed by atoms with van der Waals surface area (Å²) in [4.78, 5) is 27.9. The smallest absolute Gasteiger partial charge is 0.274 e. The predicted octanol–water partition coefficient (Wildman–Crippen LogP) is 1.25. The predicted molar refractivity (Wildman–Crippen MR) is 84.8 cm³/mol. The van der Waals surface area contributed by atoms with Gasteiger partial charge < -0.3 is 15.5 Å². The zero-order valence-electron chi connectivity index (χ0n) is 13.0. The van der Waals surface area contributed by atoms with Crippen molar-refractivity contribution in [2.75, 3.05) is 38.5 Å². The standard InChI is InChI=1S/C14H23N5O3/c1-3-9-18(2)10-8-15-6-5-14(20)17-13-11-12(19(21)22)4-7-16-13/h4,7,11,15H,3,5-6,8-10H2,1-2H3,(H,16,17,20). The Morgan fingerprint density at radius 2 is 2.18 bits per heavy atom. The summed E-state index contributed by atoms with van der Waals surface area (Å²) in [6, 6.07) is 2.52. The number of pyridine rings is 1. The first kappa shape index (κ1) is 18.0. The SMILES string of the molecule is CCCN(C)CCNCCC(=O)Nc1cc([N+](=O)[O-])ccn1. The molecule has 0 aliphatic carbocycles. The number of hydrogen-bond acceptors (Lipinski definition) is 6. The molecule has 1 amide bonds. The van der Waals surface area contributed by atoms with Gasteiger partial charge in [-0.1, -0.05) is 6.92 Å². The highest BCUT2D eigenvalue weighted by atomic mass is 16.6. The summed E-state index contributed by atoms with van der Waals surface area (Å²) in [5.41, 5.74) is -0.0950. The van der Waals surface area contributed by atoms with Gasteiger partial charge in [-0.25, -0.2) is 4.98 Å². The van der Waals surface area contributed by atoms with E-state index in [0.29, 0.717) is 13.0 Å². The molecular weight excluding hydrogens is 286 g/mol. The van der Waals surface area contributed by atoms with Gasteiger partial charge in [0, 0.05) is 38.3 Å². The molecule has 0 radical (unpaired) electrons. The van der Waals surface area contributed by atoms with Crippen LogP contribution in [-0.4, -0.2) is 53.9 Å². The van der Waals surface area contributed by atoms with Gasteiger partial charge in [-0.2, -0.15) is 0 Å². The number of nitrogens with zero attached hydrogens (tertiary/aromatic N) is 3. The number of rotatable bonds is 10. The van der Waals surface area contributed by atoms with Gasteiger partial charge in [0.25, 0.3) is 5.69 Å². The summed E-state index contributed by atoms with van der Waals surface area (Å²) in [5.74, 6) is -0.0238. The molecule has 0 bridgehead atoms. The highest BCUT2D eigenvalue weighted by Gasteiger charge is 2.09. The fourth-order valence-electron chi connectivity index (χ4n) is 1.90. The molecule has 1 heterocycles. The maximum atomic E-state index is 11.7. The van der Waals surface area contributed by atoms with E-state index in [1.165, 1.54) is 18.3 Å². The van der Waals surface area contributed by atoms with Crippen molar-refractivity contribution >= 4 is 17.4 Å². The van der Waals surface area contributed by atoms with Gasteiger partial charge in [-0.05, 0) is 20.0 Å². The minimum absolute atomic E-state index is 0.0950. The summed E-state index contributed by atoms with van der Waals surface area (Å²) >= 11 is 0. The van der Waals surface area contributed by atoms with Crippen LogP contribution < -0.4 is 10.6 Å². The molecule has 0 saturated heterocycles. The molecule has 1 aromatic heterocycles. The first-order valence-electron chi connectivity index (χ1n) is 7.32. The Morgan fingerprint density at radius 1 is 1.41 bits per heavy atom. The third kappa shape index (κ3) is 7.09. The third-order valence-electron chi connectivity index (χ3n) is 3.03. The zero-order chi connectivity index (χ0) is 16.4. The second kappa shape index (κ2) is 9.80. The van der Waals surface area contributed by atoms with Gasteiger partial charge >= 0.3 is 0 Å². The van der Waals surface area contributed by atoms with Crippen molar-refractivity contribution in [3.05, 3.63) is 28.4 Å². The minimum Gasteiger partial charge on any atom is -0.315 e. The molecule has 0 aliphatic rings. The molecule has 0 aliphatic heterocycles. The lowest BCUT2D eigenvalue weighted by molar-refractivity contribution is -0.384. The third-order valence-corrected chi connectivity index (χ3v) is 3.03. The van der Waals surface area contributed by atoms with E-state index in [1.54, 1.807) is 0 Å². The Morgan fingerprint density at radius 3 is 2.86 bits per heavy atom. The van der Waals surface area contributed by atoms with Crippen LogP contribution in [0.4, 0.5) is 11.5 Å². The van der Waals surface area contributed by atoms with Crippen LogP contribution in [0.15, 0.2) is 18.3 Å². The Labute approximate surface area is 130 Å². The fraction of sp³-hybridized carbons (Fsp3) is 0.571. The van der Waals surface area contributed by atoms with Crippen LogP contribution in [0.25, 0.3) is 0 Å². The van der Waals surface area contributed by atoms with Gasteiger partial charge in [0.2, 0.25) is 5.91 Å². The van der Waals surface area contributed by atoms with E-state index in [2.05, 4.69) is 34.5 Å². The van der Waals surface area contributed by atoms with Crippen molar-refractivity contribution in [2.45, 2.75) is 19.8 Å². The largest absolute Gasteiger partial charge is 0.315 e. The minimum atomic E-state index is -0.522. The molecule has 1 aromatic rings. The van der Waals surface area contributed by atoms with Gasteiger partial charge in [0.1, 0.15) is 5.82 Å². The molecule has 0 atom stereocenters. The normalized spacial score (nSPS) is 10.7. The molecule has 0 fully saturated rings. The second-order valence-electron chi connectivity index (χ2n) is 5.01. The summed E-state index contributed by atoms with van der Waals surface area (Å²) in [6.07, 6.45) is 2.71. The molecule has 2 N–H and O–H groups in total. The van der Waals surface area contributed by atoms with Crippen molar-refractivity contribution in [1.29, 1.82) is 0 Å². The second-order valence-corrected chi connectivity index (χ2v) is 5.01. The van der Waals surface area contributed by atoms with Gasteiger partial charge in [-0.15, -0.1) is 0 Å². The number of carbonyl (C=O) groups excluding carboxylic acids is 1. The number of hydrogen-bond donors (Lipinski definition) is 2. The van der Waals surface area contributed by atoms with E-state index in [9.17, 15) is 14.9 Å². The number of nitro groups is 1. The number of nitrogens with one attached hydrogen (secondary N) is 2. The maximum absolute atomic E-state index is 11.7. The van der Waals surface area contributed by atoms with E-state index in [1.807, 2.05) is 0 Å². The molecule has 8 nitrogen and oxygen atoms in total. The van der Waals surface area contributed by atoms with E-state index in [-0.39, 0.29) is 17.4 Å². The van der Waals surface area contributed by atoms with Crippen molar-refractivity contribution in [3.63, 3.8) is 0 Å². The average Bonchev–Trinajstić information content (AvgIpc) is 2.47. The molecule has 8 heteroatoms. The topological polar surface area (TPSA) is 100 Å². The van der Waals surface area contributed by atoms with Gasteiger partial charge in [0.15, 0.2) is 0 Å². The zero-order valence-corrected chi connectivity index (χ0v) is 13.0. The highest BCUT2D eigenvalue weighted by Crippen LogP contribution is 2.14. The van der Waals surface area contributed by atoms with E-state index < -0.39 is 4.92 Å². The average molecular weight is 309 g/mol. The van der Waals surface area contributed by atoms with Gasteiger partial charge in [0.05, 0.1) is 11.0 Å². The molecule has 0 aromatic carbocycles. The Bertz CT molecular complexity index is 495. The molecule has 22 heavy (non-hydrogen) atoms. The number of likely N-dealkylation sites (N-methyl/N-ethyl adjacent to an activating group) is 1. The van der Waals surface area contributed by atoms with Crippen molar-refractivity contribution in [2.24, 2.45) is 0 Å². The van der Waals surface area contributed by atoms with Crippen LogP contribution in [0.1, 0.15) is 19.8 Å². The number of carbonyl (C=O) groups is 1. The fourth-order valence-corrected chi connectivity index (χ4v) is 1.90. The lowest BCUT2D eigenvalue weighted by Gasteiger charge is -2.15. The number of aromatic nitrogens is 1. The van der Waals surface area contributed by atoms with Crippen LogP contribution in [-0.2, 0) is 4.79 Å². The Hall–Kier alpha value is -2.06. The van der Waals surface area contributed by atoms with Crippen LogP contribution in [0.5, 0.6) is 0 Å². The van der Waals surface area contributed by atoms with E-state index in [4.69, 9.17) is 0 Å². The van der Waals surface area contributed by atoms with Crippen molar-refractivity contribution < 1.29 is 9.72 Å². The quantitative estimate of drug-likeness (QED) is 0.383. The van der Waals surface area contributed by atoms with Crippen molar-refractivity contribution in [1.82, 2.24) is 15.2 Å². The Balaban J connectivity index is 2.23. The van der Waals surface area contributed by atoms with Crippen LogP contribution in [0.3, 0.4) is 0 Å². The summed E-state index contributed by atoms with van der Waals surface area (Å²) in [6.45, 7) is 5.50. The molecule has 0 saturated carbocycles. The highest BCUT2D eigenvalue weighted by molar-refractivity contribution is 5.90. The monoisotopic (exact) mass is 309 g/mol. The molecule has 122 valence electrons. The van der Waals surface area contributed by atoms with Crippen LogP contribution >= 0.6 is 0 Å². The lowest BCUT2D eigenvalue weighted by Crippen LogP contribution is -2.31. The first-order chi connectivity index (χ1) is 10.5. The van der Waals surface area contributed by atoms with Crippen molar-refractivity contribution in [3.8, 4) is 0 Å². The molecule has 0 spiro atoms. The summed E-state index contributed by atoms with van der Waals surface area (Å²) in [5, 5.41) is 16.4. The summed E-state index contributed by atoms with van der Waals surface area (Å²) < 4.78 is 0. The van der Waals surface area contributed by atoms with Crippen LogP contribution in [0.2, 0.25) is 0 Å². The molecule has 1 rings (SSSR count). The van der Waals surface area contributed by atoms with Crippen LogP contribution in [0, 0.1) is 10.1 Å².